The average molecular weight is 455 g/mol. The smallest absolute Gasteiger partial charge is 0.356 e. The van der Waals surface area contributed by atoms with Crippen molar-refractivity contribution in [2.75, 3.05) is 25.1 Å². The third-order valence-corrected chi connectivity index (χ3v) is 6.94. The predicted molar refractivity (Wildman–Crippen MR) is 128 cm³/mol. The van der Waals surface area contributed by atoms with Gasteiger partial charge in [0.05, 0.1) is 7.11 Å². The Morgan fingerprint density at radius 3 is 2.84 bits per heavy atom. The first-order valence-corrected chi connectivity index (χ1v) is 11.8. The Labute approximate surface area is 195 Å². The molecule has 1 aromatic carbocycles. The number of methoxy groups -OCH3 is 1. The number of halogens is 1. The molecule has 2 atom stereocenters. The largest absolute Gasteiger partial charge is 0.485 e. The van der Waals surface area contributed by atoms with Crippen molar-refractivity contribution < 1.29 is 14.3 Å². The van der Waals surface area contributed by atoms with Crippen LogP contribution in [0, 0.1) is 11.8 Å². The van der Waals surface area contributed by atoms with Gasteiger partial charge in [0, 0.05) is 18.1 Å². The molecule has 32 heavy (non-hydrogen) atoms. The molecule has 0 unspecified atom stereocenters. The minimum atomic E-state index is -0.435. The van der Waals surface area contributed by atoms with Gasteiger partial charge in [0.2, 0.25) is 0 Å². The Morgan fingerprint density at radius 1 is 1.25 bits per heavy atom. The van der Waals surface area contributed by atoms with Gasteiger partial charge in [-0.05, 0) is 85.8 Å². The second-order valence-electron chi connectivity index (χ2n) is 8.74. The van der Waals surface area contributed by atoms with E-state index in [0.29, 0.717) is 29.9 Å². The monoisotopic (exact) mass is 454 g/mol. The molecule has 2 heterocycles. The van der Waals surface area contributed by atoms with Gasteiger partial charge >= 0.3 is 5.97 Å². The van der Waals surface area contributed by atoms with Gasteiger partial charge in [0.1, 0.15) is 6.61 Å². The zero-order valence-electron chi connectivity index (χ0n) is 18.7. The lowest BCUT2D eigenvalue weighted by Gasteiger charge is -2.40. The van der Waals surface area contributed by atoms with E-state index in [-0.39, 0.29) is 0 Å². The molecule has 170 valence electrons. The number of rotatable bonds is 5. The second kappa shape index (κ2) is 10.4. The van der Waals surface area contributed by atoms with Crippen LogP contribution >= 0.6 is 11.6 Å². The van der Waals surface area contributed by atoms with Crippen molar-refractivity contribution >= 4 is 23.4 Å². The maximum Gasteiger partial charge on any atom is 0.356 e. The minimum absolute atomic E-state index is 0.304. The number of hydrogen-bond donors (Lipinski definition) is 0. The van der Waals surface area contributed by atoms with Crippen LogP contribution in [0.2, 0.25) is 5.02 Å². The summed E-state index contributed by atoms with van der Waals surface area (Å²) >= 11 is 6.25. The van der Waals surface area contributed by atoms with Gasteiger partial charge in [-0.15, -0.1) is 6.58 Å². The molecule has 0 bridgehead atoms. The number of carbonyl (C=O) groups is 1. The van der Waals surface area contributed by atoms with E-state index < -0.39 is 5.97 Å². The van der Waals surface area contributed by atoms with Crippen LogP contribution in [0.25, 0.3) is 0 Å². The van der Waals surface area contributed by atoms with Gasteiger partial charge in [0.25, 0.3) is 0 Å². The molecular weight excluding hydrogens is 424 g/mol. The SMILES string of the molecule is C=CC[C@@H]1CC[C@H]1CN1CCCCc2cc(Cl)ccc2COc2ccc(C(=O)OC)nc21. The molecule has 1 aliphatic heterocycles. The maximum atomic E-state index is 12.2. The summed E-state index contributed by atoms with van der Waals surface area (Å²) in [6.45, 7) is 6.13. The third kappa shape index (κ3) is 5.09. The van der Waals surface area contributed by atoms with Gasteiger partial charge in [-0.2, -0.15) is 0 Å². The second-order valence-corrected chi connectivity index (χ2v) is 9.17. The number of benzene rings is 1. The molecule has 0 amide bonds. The van der Waals surface area contributed by atoms with Gasteiger partial charge < -0.3 is 14.4 Å². The maximum absolute atomic E-state index is 12.2. The van der Waals surface area contributed by atoms with Crippen LogP contribution in [0.5, 0.6) is 5.75 Å². The summed E-state index contributed by atoms with van der Waals surface area (Å²) in [6.07, 6.45) is 8.58. The number of nitrogens with zero attached hydrogens (tertiary/aromatic N) is 2. The Kier molecular flexibility index (Phi) is 7.36. The van der Waals surface area contributed by atoms with E-state index in [1.165, 1.54) is 25.5 Å². The van der Waals surface area contributed by atoms with Crippen molar-refractivity contribution in [2.45, 2.75) is 45.1 Å². The minimum Gasteiger partial charge on any atom is -0.485 e. The highest BCUT2D eigenvalue weighted by Gasteiger charge is 2.32. The summed E-state index contributed by atoms with van der Waals surface area (Å²) in [5.74, 6) is 2.26. The lowest BCUT2D eigenvalue weighted by Crippen LogP contribution is -2.39. The summed E-state index contributed by atoms with van der Waals surface area (Å²) in [6, 6.07) is 9.51. The van der Waals surface area contributed by atoms with E-state index in [0.717, 1.165) is 55.2 Å². The standard InChI is InChI=1S/C26H31ClN2O3/c1-3-6-18-8-9-20(18)16-29-14-5-4-7-19-15-22(27)11-10-21(19)17-32-24-13-12-23(26(30)31-2)28-25(24)29/h3,10-13,15,18,20H,1,4-9,14,16-17H2,2H3/t18-,20+/m1/s1. The van der Waals surface area contributed by atoms with Crippen molar-refractivity contribution in [1.29, 1.82) is 0 Å². The molecule has 4 rings (SSSR count). The topological polar surface area (TPSA) is 51.7 Å². The first kappa shape index (κ1) is 22.7. The van der Waals surface area contributed by atoms with Crippen LogP contribution in [0.3, 0.4) is 0 Å². The van der Waals surface area contributed by atoms with E-state index in [1.54, 1.807) is 6.07 Å². The average Bonchev–Trinajstić information content (AvgIpc) is 2.82. The van der Waals surface area contributed by atoms with Crippen molar-refractivity contribution in [3.05, 3.63) is 64.8 Å². The number of hydrogen-bond acceptors (Lipinski definition) is 5. The predicted octanol–water partition coefficient (Wildman–Crippen LogP) is 5.85. The van der Waals surface area contributed by atoms with E-state index in [2.05, 4.69) is 11.5 Å². The van der Waals surface area contributed by atoms with Crippen molar-refractivity contribution in [3.8, 4) is 5.75 Å². The molecule has 1 saturated carbocycles. The zero-order valence-corrected chi connectivity index (χ0v) is 19.4. The van der Waals surface area contributed by atoms with Gasteiger partial charge in [-0.25, -0.2) is 9.78 Å². The lowest BCUT2D eigenvalue weighted by molar-refractivity contribution is 0.0594. The summed E-state index contributed by atoms with van der Waals surface area (Å²) in [5, 5.41) is 0.753. The van der Waals surface area contributed by atoms with Gasteiger partial charge in [-0.3, -0.25) is 0 Å². The van der Waals surface area contributed by atoms with Gasteiger partial charge in [-0.1, -0.05) is 23.7 Å². The fourth-order valence-electron chi connectivity index (χ4n) is 4.70. The zero-order chi connectivity index (χ0) is 22.5. The van der Waals surface area contributed by atoms with Gasteiger partial charge in [0.15, 0.2) is 17.3 Å². The first-order chi connectivity index (χ1) is 15.6. The number of esters is 1. The molecule has 2 aliphatic rings. The number of carbonyl (C=O) groups excluding carboxylic acids is 1. The molecule has 1 aromatic heterocycles. The van der Waals surface area contributed by atoms with Crippen LogP contribution < -0.4 is 9.64 Å². The molecule has 0 N–H and O–H groups in total. The van der Waals surface area contributed by atoms with Crippen LogP contribution in [0.4, 0.5) is 5.82 Å². The Hall–Kier alpha value is -2.53. The highest BCUT2D eigenvalue weighted by molar-refractivity contribution is 6.30. The number of fused-ring (bicyclic) bond motifs is 2. The summed E-state index contributed by atoms with van der Waals surface area (Å²) in [4.78, 5) is 19.2. The molecule has 0 radical (unpaired) electrons. The number of anilines is 1. The van der Waals surface area contributed by atoms with Crippen molar-refractivity contribution in [2.24, 2.45) is 11.8 Å². The number of aryl methyl sites for hydroxylation is 1. The van der Waals surface area contributed by atoms with E-state index in [4.69, 9.17) is 26.1 Å². The lowest BCUT2D eigenvalue weighted by atomic mass is 9.71. The first-order valence-electron chi connectivity index (χ1n) is 11.4. The molecular formula is C26H31ClN2O3. The number of aromatic nitrogens is 1. The summed E-state index contributed by atoms with van der Waals surface area (Å²) < 4.78 is 11.2. The molecule has 2 aromatic rings. The molecule has 6 heteroatoms. The van der Waals surface area contributed by atoms with Crippen molar-refractivity contribution in [3.63, 3.8) is 0 Å². The Balaban J connectivity index is 1.66. The number of allylic oxidation sites excluding steroid dienone is 1. The molecule has 5 nitrogen and oxygen atoms in total. The van der Waals surface area contributed by atoms with Crippen molar-refractivity contribution in [1.82, 2.24) is 4.98 Å². The van der Waals surface area contributed by atoms with Crippen LogP contribution in [0.15, 0.2) is 43.0 Å². The third-order valence-electron chi connectivity index (χ3n) is 6.71. The molecule has 1 aliphatic carbocycles. The van der Waals surface area contributed by atoms with E-state index in [9.17, 15) is 4.79 Å². The van der Waals surface area contributed by atoms with Crippen LogP contribution in [0.1, 0.15) is 53.7 Å². The van der Waals surface area contributed by atoms with E-state index >= 15 is 0 Å². The normalized spacial score (nSPS) is 20.6. The Morgan fingerprint density at radius 2 is 2.09 bits per heavy atom. The Bertz CT molecular complexity index is 978. The number of pyridine rings is 1. The van der Waals surface area contributed by atoms with Crippen LogP contribution in [-0.4, -0.2) is 31.2 Å². The molecule has 0 saturated heterocycles. The summed E-state index contributed by atoms with van der Waals surface area (Å²) in [5.41, 5.74) is 2.67. The molecule has 0 spiro atoms. The highest BCUT2D eigenvalue weighted by atomic mass is 35.5. The molecule has 1 fully saturated rings. The highest BCUT2D eigenvalue weighted by Crippen LogP contribution is 2.39. The summed E-state index contributed by atoms with van der Waals surface area (Å²) in [7, 11) is 1.38. The quantitative estimate of drug-likeness (QED) is 0.419. The fraction of sp³-hybridized carbons (Fsp3) is 0.462. The fourth-order valence-corrected chi connectivity index (χ4v) is 4.90. The number of ether oxygens (including phenoxy) is 2. The van der Waals surface area contributed by atoms with Crippen LogP contribution in [-0.2, 0) is 17.8 Å². The van der Waals surface area contributed by atoms with E-state index in [1.807, 2.05) is 30.3 Å².